The van der Waals surface area contributed by atoms with Crippen LogP contribution in [0.2, 0.25) is 0 Å². The van der Waals surface area contributed by atoms with Gasteiger partial charge in [-0.05, 0) is 69.4 Å². The SMILES string of the molecule is Cc1cc(C)c(NC(=O)CCc2ccc(S(=O)(=O)N3CCCCCC3)cc2)c(C)n1. The van der Waals surface area contributed by atoms with Gasteiger partial charge in [0, 0.05) is 25.2 Å². The lowest BCUT2D eigenvalue weighted by molar-refractivity contribution is -0.116. The minimum absolute atomic E-state index is 0.0758. The number of carbonyl (C=O) groups excluding carboxylic acids is 1. The zero-order valence-electron chi connectivity index (χ0n) is 18.1. The first-order valence-electron chi connectivity index (χ1n) is 10.6. The first kappa shape index (κ1) is 22.4. The van der Waals surface area contributed by atoms with E-state index >= 15 is 0 Å². The van der Waals surface area contributed by atoms with Crippen LogP contribution in [0.5, 0.6) is 0 Å². The summed E-state index contributed by atoms with van der Waals surface area (Å²) < 4.78 is 27.3. The lowest BCUT2D eigenvalue weighted by atomic mass is 10.1. The van der Waals surface area contributed by atoms with Crippen molar-refractivity contribution in [3.8, 4) is 0 Å². The van der Waals surface area contributed by atoms with Crippen LogP contribution in [0.15, 0.2) is 35.2 Å². The van der Waals surface area contributed by atoms with Gasteiger partial charge in [-0.1, -0.05) is 25.0 Å². The highest BCUT2D eigenvalue weighted by Gasteiger charge is 2.24. The van der Waals surface area contributed by atoms with Crippen LogP contribution in [0.25, 0.3) is 0 Å². The Morgan fingerprint density at radius 2 is 1.67 bits per heavy atom. The molecule has 3 rings (SSSR count). The molecule has 1 fully saturated rings. The third-order valence-electron chi connectivity index (χ3n) is 5.56. The molecule has 0 unspecified atom stereocenters. The van der Waals surface area contributed by atoms with E-state index in [1.807, 2.05) is 39.0 Å². The maximum atomic E-state index is 12.9. The summed E-state index contributed by atoms with van der Waals surface area (Å²) >= 11 is 0. The predicted octanol–water partition coefficient (Wildman–Crippen LogP) is 4.14. The van der Waals surface area contributed by atoms with Crippen LogP contribution in [0.1, 0.15) is 54.6 Å². The number of nitrogens with one attached hydrogen (secondary N) is 1. The molecule has 0 bridgehead atoms. The van der Waals surface area contributed by atoms with Crippen LogP contribution < -0.4 is 5.32 Å². The number of anilines is 1. The lowest BCUT2D eigenvalue weighted by Crippen LogP contribution is -2.31. The van der Waals surface area contributed by atoms with Gasteiger partial charge >= 0.3 is 0 Å². The number of pyridine rings is 1. The molecule has 0 spiro atoms. The number of hydrogen-bond acceptors (Lipinski definition) is 4. The Morgan fingerprint density at radius 3 is 2.27 bits per heavy atom. The van der Waals surface area contributed by atoms with Gasteiger partial charge in [0.05, 0.1) is 16.3 Å². The molecule has 1 amide bonds. The van der Waals surface area contributed by atoms with Gasteiger partial charge in [-0.25, -0.2) is 8.42 Å². The molecule has 0 aliphatic carbocycles. The van der Waals surface area contributed by atoms with Crippen LogP contribution >= 0.6 is 0 Å². The van der Waals surface area contributed by atoms with Crippen molar-refractivity contribution in [1.82, 2.24) is 9.29 Å². The second kappa shape index (κ2) is 9.71. The van der Waals surface area contributed by atoms with Gasteiger partial charge in [0.25, 0.3) is 0 Å². The second-order valence-corrected chi connectivity index (χ2v) is 9.99. The predicted molar refractivity (Wildman–Crippen MR) is 119 cm³/mol. The van der Waals surface area contributed by atoms with E-state index in [4.69, 9.17) is 0 Å². The highest BCUT2D eigenvalue weighted by molar-refractivity contribution is 7.89. The second-order valence-electron chi connectivity index (χ2n) is 8.05. The van der Waals surface area contributed by atoms with Crippen LogP contribution in [-0.4, -0.2) is 36.7 Å². The molecule has 1 aliphatic heterocycles. The quantitative estimate of drug-likeness (QED) is 0.748. The number of nitrogens with zero attached hydrogens (tertiary/aromatic N) is 2. The molecule has 2 heterocycles. The van der Waals surface area contributed by atoms with E-state index in [9.17, 15) is 13.2 Å². The number of benzene rings is 1. The molecule has 1 aromatic carbocycles. The highest BCUT2D eigenvalue weighted by Crippen LogP contribution is 2.22. The van der Waals surface area contributed by atoms with Gasteiger partial charge < -0.3 is 5.32 Å². The topological polar surface area (TPSA) is 79.4 Å². The zero-order chi connectivity index (χ0) is 21.7. The lowest BCUT2D eigenvalue weighted by Gasteiger charge is -2.20. The Balaban J connectivity index is 1.60. The van der Waals surface area contributed by atoms with E-state index in [0.29, 0.717) is 30.8 Å². The molecule has 1 aromatic heterocycles. The molecule has 1 N–H and O–H groups in total. The molecule has 2 aromatic rings. The van der Waals surface area contributed by atoms with E-state index < -0.39 is 10.0 Å². The Kier molecular flexibility index (Phi) is 7.26. The summed E-state index contributed by atoms with van der Waals surface area (Å²) in [5, 5.41) is 2.96. The zero-order valence-corrected chi connectivity index (χ0v) is 18.9. The molecule has 1 aliphatic rings. The third-order valence-corrected chi connectivity index (χ3v) is 7.47. The summed E-state index contributed by atoms with van der Waals surface area (Å²) in [5.74, 6) is -0.0758. The minimum atomic E-state index is -3.44. The number of carbonyl (C=O) groups is 1. The van der Waals surface area contributed by atoms with E-state index in [1.54, 1.807) is 16.4 Å². The van der Waals surface area contributed by atoms with E-state index in [-0.39, 0.29) is 5.91 Å². The van der Waals surface area contributed by atoms with E-state index in [2.05, 4.69) is 10.3 Å². The standard InChI is InChI=1S/C23H31N3O3S/c1-17-16-18(2)24-19(3)23(17)25-22(27)13-10-20-8-11-21(12-9-20)30(28,29)26-14-6-4-5-7-15-26/h8-9,11-12,16H,4-7,10,13-15H2,1-3H3,(H,25,27). The highest BCUT2D eigenvalue weighted by atomic mass is 32.2. The fourth-order valence-electron chi connectivity index (χ4n) is 3.93. The Bertz CT molecular complexity index is 970. The van der Waals surface area contributed by atoms with Crippen molar-refractivity contribution in [1.29, 1.82) is 0 Å². The molecule has 7 heteroatoms. The molecule has 0 saturated carbocycles. The molecule has 6 nitrogen and oxygen atoms in total. The summed E-state index contributed by atoms with van der Waals surface area (Å²) in [6, 6.07) is 8.88. The molecule has 162 valence electrons. The summed E-state index contributed by atoms with van der Waals surface area (Å²) in [6.45, 7) is 6.97. The van der Waals surface area contributed by atoms with E-state index in [1.165, 1.54) is 0 Å². The molecular formula is C23H31N3O3S. The summed E-state index contributed by atoms with van der Waals surface area (Å²) in [5.41, 5.74) is 4.44. The Hall–Kier alpha value is -2.25. The van der Waals surface area contributed by atoms with Gasteiger partial charge in [0.1, 0.15) is 0 Å². The maximum absolute atomic E-state index is 12.9. The van der Waals surface area contributed by atoms with Crippen LogP contribution in [-0.2, 0) is 21.2 Å². The monoisotopic (exact) mass is 429 g/mol. The number of amides is 1. The fourth-order valence-corrected chi connectivity index (χ4v) is 5.45. The van der Waals surface area contributed by atoms with Gasteiger partial charge in [-0.2, -0.15) is 4.31 Å². The van der Waals surface area contributed by atoms with Crippen molar-refractivity contribution >= 4 is 21.6 Å². The van der Waals surface area contributed by atoms with Crippen LogP contribution in [0, 0.1) is 20.8 Å². The van der Waals surface area contributed by atoms with Crippen LogP contribution in [0.3, 0.4) is 0 Å². The number of sulfonamides is 1. The minimum Gasteiger partial charge on any atom is -0.324 e. The van der Waals surface area contributed by atoms with Crippen molar-refractivity contribution in [2.24, 2.45) is 0 Å². The number of rotatable bonds is 6. The van der Waals surface area contributed by atoms with Crippen molar-refractivity contribution < 1.29 is 13.2 Å². The number of aromatic nitrogens is 1. The van der Waals surface area contributed by atoms with Gasteiger partial charge in [0.15, 0.2) is 0 Å². The molecule has 30 heavy (non-hydrogen) atoms. The Morgan fingerprint density at radius 1 is 1.03 bits per heavy atom. The van der Waals surface area contributed by atoms with Gasteiger partial charge in [-0.15, -0.1) is 0 Å². The van der Waals surface area contributed by atoms with Crippen molar-refractivity contribution in [2.75, 3.05) is 18.4 Å². The number of hydrogen-bond donors (Lipinski definition) is 1. The fraction of sp³-hybridized carbons (Fsp3) is 0.478. The third kappa shape index (κ3) is 5.46. The average Bonchev–Trinajstić information content (AvgIpc) is 2.99. The largest absolute Gasteiger partial charge is 0.324 e. The average molecular weight is 430 g/mol. The molecule has 1 saturated heterocycles. The van der Waals surface area contributed by atoms with Crippen LogP contribution in [0.4, 0.5) is 5.69 Å². The molecular weight excluding hydrogens is 398 g/mol. The first-order chi connectivity index (χ1) is 14.3. The maximum Gasteiger partial charge on any atom is 0.243 e. The summed E-state index contributed by atoms with van der Waals surface area (Å²) in [7, 11) is -3.44. The summed E-state index contributed by atoms with van der Waals surface area (Å²) in [6.07, 6.45) is 4.89. The number of aryl methyl sites for hydroxylation is 4. The van der Waals surface area contributed by atoms with Gasteiger partial charge in [0.2, 0.25) is 15.9 Å². The molecule has 0 atom stereocenters. The van der Waals surface area contributed by atoms with Gasteiger partial charge in [-0.3, -0.25) is 9.78 Å². The van der Waals surface area contributed by atoms with E-state index in [0.717, 1.165) is 53.9 Å². The molecule has 0 radical (unpaired) electrons. The Labute approximate surface area is 179 Å². The van der Waals surface area contributed by atoms with Crippen molar-refractivity contribution in [3.05, 3.63) is 52.8 Å². The van der Waals surface area contributed by atoms with Crippen molar-refractivity contribution in [3.63, 3.8) is 0 Å². The normalized spacial score (nSPS) is 15.6. The smallest absolute Gasteiger partial charge is 0.243 e. The first-order valence-corrected chi connectivity index (χ1v) is 12.0. The van der Waals surface area contributed by atoms with Crippen molar-refractivity contribution in [2.45, 2.75) is 64.2 Å². The summed E-state index contributed by atoms with van der Waals surface area (Å²) in [4.78, 5) is 17.1.